The first-order valence-electron chi connectivity index (χ1n) is 12.4. The number of nitrogens with zero attached hydrogens (tertiary/aromatic N) is 4. The van der Waals surface area contributed by atoms with Crippen LogP contribution in [0.2, 0.25) is 0 Å². The van der Waals surface area contributed by atoms with Crippen molar-refractivity contribution in [3.8, 4) is 11.9 Å². The fourth-order valence-electron chi connectivity index (χ4n) is 5.01. The van der Waals surface area contributed by atoms with Gasteiger partial charge >= 0.3 is 12.0 Å². The normalized spacial score (nSPS) is 19.6. The highest BCUT2D eigenvalue weighted by molar-refractivity contribution is 6.10. The van der Waals surface area contributed by atoms with Crippen molar-refractivity contribution in [2.45, 2.75) is 44.4 Å². The van der Waals surface area contributed by atoms with Gasteiger partial charge in [-0.25, -0.2) is 0 Å². The number of fused-ring (bicyclic) bond motifs is 1. The molecular formula is C26H29N5O6. The topological polar surface area (TPSA) is 154 Å². The lowest BCUT2D eigenvalue weighted by atomic mass is 9.77. The zero-order valence-corrected chi connectivity index (χ0v) is 20.3. The highest BCUT2D eigenvalue weighted by atomic mass is 16.5. The molecule has 0 bridgehead atoms. The number of rotatable bonds is 8. The van der Waals surface area contributed by atoms with Crippen LogP contribution in [0.3, 0.4) is 0 Å². The number of hydrogen-bond donors (Lipinski definition) is 2. The van der Waals surface area contributed by atoms with E-state index < -0.39 is 5.97 Å². The number of ether oxygens (including phenoxy) is 2. The van der Waals surface area contributed by atoms with Crippen LogP contribution in [0.4, 0.5) is 11.5 Å². The first-order chi connectivity index (χ1) is 18.0. The Morgan fingerprint density at radius 1 is 1.16 bits per heavy atom. The van der Waals surface area contributed by atoms with Crippen LogP contribution in [0.5, 0.6) is 11.9 Å². The number of benzene rings is 1. The summed E-state index contributed by atoms with van der Waals surface area (Å²) in [6, 6.07) is 7.99. The molecule has 0 unspecified atom stereocenters. The Balaban J connectivity index is 1.25. The summed E-state index contributed by atoms with van der Waals surface area (Å²) in [6.45, 7) is 0.857. The predicted octanol–water partition coefficient (Wildman–Crippen LogP) is 3.46. The fraction of sp³-hybridized carbons (Fsp3) is 0.423. The molecule has 0 atom stereocenters. The molecule has 11 nitrogen and oxygen atoms in total. The lowest BCUT2D eigenvalue weighted by Gasteiger charge is -2.28. The lowest BCUT2D eigenvalue weighted by Crippen LogP contribution is -2.32. The minimum absolute atomic E-state index is 0.00313. The Bertz CT molecular complexity index is 1240. The van der Waals surface area contributed by atoms with Gasteiger partial charge < -0.3 is 29.7 Å². The lowest BCUT2D eigenvalue weighted by molar-refractivity contribution is -0.138. The van der Waals surface area contributed by atoms with Gasteiger partial charge in [-0.1, -0.05) is 17.3 Å². The van der Waals surface area contributed by atoms with E-state index in [0.717, 1.165) is 36.9 Å². The van der Waals surface area contributed by atoms with Gasteiger partial charge in [0.1, 0.15) is 24.3 Å². The van der Waals surface area contributed by atoms with Gasteiger partial charge in [-0.3, -0.25) is 9.59 Å². The van der Waals surface area contributed by atoms with Crippen LogP contribution in [-0.2, 0) is 11.2 Å². The first kappa shape index (κ1) is 24.5. The molecular weight excluding hydrogens is 478 g/mol. The summed E-state index contributed by atoms with van der Waals surface area (Å²) in [4.78, 5) is 34.5. The summed E-state index contributed by atoms with van der Waals surface area (Å²) in [5.74, 6) is -0.293. The third-order valence-corrected chi connectivity index (χ3v) is 6.99. The van der Waals surface area contributed by atoms with Gasteiger partial charge in [-0.15, -0.1) is 0 Å². The Hall–Kier alpha value is -4.15. The molecule has 3 heterocycles. The maximum absolute atomic E-state index is 13.4. The number of hydrogen-bond acceptors (Lipinski definition) is 9. The Labute approximate surface area is 213 Å². The average molecular weight is 508 g/mol. The zero-order chi connectivity index (χ0) is 25.8. The second kappa shape index (κ2) is 10.9. The van der Waals surface area contributed by atoms with Crippen LogP contribution in [0.15, 0.2) is 41.2 Å². The Morgan fingerprint density at radius 2 is 1.95 bits per heavy atom. The van der Waals surface area contributed by atoms with E-state index in [1.54, 1.807) is 11.1 Å². The molecule has 2 aliphatic rings. The molecule has 3 N–H and O–H groups in total. The highest BCUT2D eigenvalue weighted by Crippen LogP contribution is 2.38. The molecule has 11 heteroatoms. The molecule has 0 spiro atoms. The molecule has 0 radical (unpaired) electrons. The molecule has 194 valence electrons. The second-order valence-electron chi connectivity index (χ2n) is 9.42. The van der Waals surface area contributed by atoms with Gasteiger partial charge in [-0.05, 0) is 55.2 Å². The van der Waals surface area contributed by atoms with Gasteiger partial charge in [0.15, 0.2) is 0 Å². The van der Waals surface area contributed by atoms with Crippen LogP contribution in [0, 0.1) is 5.92 Å². The van der Waals surface area contributed by atoms with Crippen LogP contribution in [0.25, 0.3) is 0 Å². The minimum atomic E-state index is -0.724. The molecule has 1 saturated carbocycles. The molecule has 1 aromatic carbocycles. The van der Waals surface area contributed by atoms with Crippen molar-refractivity contribution in [2.75, 3.05) is 30.4 Å². The van der Waals surface area contributed by atoms with E-state index in [1.165, 1.54) is 11.8 Å². The number of aromatic nitrogens is 3. The van der Waals surface area contributed by atoms with Crippen molar-refractivity contribution in [1.82, 2.24) is 15.1 Å². The molecule has 3 aromatic rings. The van der Waals surface area contributed by atoms with Crippen molar-refractivity contribution in [2.24, 2.45) is 5.92 Å². The molecule has 37 heavy (non-hydrogen) atoms. The SMILES string of the molecule is Nc1nc(OCCc2cnoc2)nc2c1C(=O)N(c1ccc(C3CCC(CC(=O)O)CC3)cc1)CCO2. The first-order valence-corrected chi connectivity index (χ1v) is 12.4. The summed E-state index contributed by atoms with van der Waals surface area (Å²) >= 11 is 0. The van der Waals surface area contributed by atoms with Gasteiger partial charge in [0.05, 0.1) is 19.3 Å². The van der Waals surface area contributed by atoms with E-state index in [-0.39, 0.29) is 54.7 Å². The summed E-state index contributed by atoms with van der Waals surface area (Å²) in [7, 11) is 0. The number of aliphatic carboxylic acids is 1. The molecule has 0 saturated heterocycles. The van der Waals surface area contributed by atoms with Crippen LogP contribution in [0.1, 0.15) is 59.5 Å². The molecule has 5 rings (SSSR count). The third kappa shape index (κ3) is 5.65. The standard InChI is InChI=1S/C26H29N5O6/c27-23-22-24(30-26(29-23)36-11-9-17-14-28-37-15-17)35-12-10-31(25(22)34)20-7-5-19(6-8-20)18-3-1-16(2-4-18)13-21(32)33/h5-8,14-16,18H,1-4,9-13H2,(H,32,33)(H2,27,29,30). The van der Waals surface area contributed by atoms with Gasteiger partial charge in [0, 0.05) is 24.1 Å². The maximum atomic E-state index is 13.4. The molecule has 1 aliphatic carbocycles. The Morgan fingerprint density at radius 3 is 2.65 bits per heavy atom. The average Bonchev–Trinajstić information content (AvgIpc) is 3.34. The van der Waals surface area contributed by atoms with E-state index in [0.29, 0.717) is 18.9 Å². The highest BCUT2D eigenvalue weighted by Gasteiger charge is 2.30. The smallest absolute Gasteiger partial charge is 0.321 e. The van der Waals surface area contributed by atoms with Gasteiger partial charge in [0.25, 0.3) is 5.91 Å². The predicted molar refractivity (Wildman–Crippen MR) is 133 cm³/mol. The maximum Gasteiger partial charge on any atom is 0.321 e. The van der Waals surface area contributed by atoms with Crippen LogP contribution >= 0.6 is 0 Å². The molecule has 1 amide bonds. The van der Waals surface area contributed by atoms with E-state index in [4.69, 9.17) is 24.8 Å². The minimum Gasteiger partial charge on any atom is -0.481 e. The van der Waals surface area contributed by atoms with E-state index in [2.05, 4.69) is 15.1 Å². The van der Waals surface area contributed by atoms with Crippen molar-refractivity contribution >= 4 is 23.4 Å². The third-order valence-electron chi connectivity index (χ3n) is 6.99. The van der Waals surface area contributed by atoms with Crippen molar-refractivity contribution in [3.05, 3.63) is 53.4 Å². The monoisotopic (exact) mass is 507 g/mol. The molecule has 2 aromatic heterocycles. The van der Waals surface area contributed by atoms with E-state index >= 15 is 0 Å². The number of amides is 1. The zero-order valence-electron chi connectivity index (χ0n) is 20.3. The number of anilines is 2. The van der Waals surface area contributed by atoms with E-state index in [9.17, 15) is 9.59 Å². The second-order valence-corrected chi connectivity index (χ2v) is 9.42. The number of carbonyl (C=O) groups is 2. The number of carboxylic acid groups (broad SMARTS) is 1. The van der Waals surface area contributed by atoms with Crippen molar-refractivity contribution in [3.63, 3.8) is 0 Å². The van der Waals surface area contributed by atoms with Gasteiger partial charge in [0.2, 0.25) is 5.88 Å². The van der Waals surface area contributed by atoms with Crippen molar-refractivity contribution < 1.29 is 28.7 Å². The Kier molecular flexibility index (Phi) is 7.20. The number of carbonyl (C=O) groups excluding carboxylic acids is 1. The molecule has 1 fully saturated rings. The largest absolute Gasteiger partial charge is 0.481 e. The van der Waals surface area contributed by atoms with E-state index in [1.807, 2.05) is 24.3 Å². The van der Waals surface area contributed by atoms with Crippen LogP contribution in [-0.4, -0.2) is 51.9 Å². The number of nitrogen functional groups attached to an aromatic ring is 1. The summed E-state index contributed by atoms with van der Waals surface area (Å²) < 4.78 is 16.2. The van der Waals surface area contributed by atoms with Crippen LogP contribution < -0.4 is 20.1 Å². The quantitative estimate of drug-likeness (QED) is 0.463. The molecule has 1 aliphatic heterocycles. The fourth-order valence-corrected chi connectivity index (χ4v) is 5.01. The van der Waals surface area contributed by atoms with Crippen molar-refractivity contribution in [1.29, 1.82) is 0 Å². The van der Waals surface area contributed by atoms with Gasteiger partial charge in [-0.2, -0.15) is 9.97 Å². The number of carboxylic acids is 1. The summed E-state index contributed by atoms with van der Waals surface area (Å²) in [5.41, 5.74) is 9.08. The summed E-state index contributed by atoms with van der Waals surface area (Å²) in [5, 5.41) is 12.7. The number of nitrogens with two attached hydrogens (primary N) is 1. The summed E-state index contributed by atoms with van der Waals surface area (Å²) in [6.07, 6.45) is 7.71.